The van der Waals surface area contributed by atoms with E-state index in [-0.39, 0.29) is 18.4 Å². The SMILES string of the molecule is Cc1ccc(C)c(OCCNC(=O)C2CCCN(S(=O)(=O)c3cccs3)C2)c1. The molecule has 152 valence electrons. The second-order valence-corrected chi connectivity index (χ2v) is 10.2. The lowest BCUT2D eigenvalue weighted by Crippen LogP contribution is -2.45. The van der Waals surface area contributed by atoms with Crippen molar-refractivity contribution in [1.82, 2.24) is 9.62 Å². The zero-order valence-electron chi connectivity index (χ0n) is 16.2. The van der Waals surface area contributed by atoms with Crippen molar-refractivity contribution in [1.29, 1.82) is 0 Å². The van der Waals surface area contributed by atoms with Crippen molar-refractivity contribution in [3.05, 3.63) is 46.8 Å². The number of hydrogen-bond donors (Lipinski definition) is 1. The van der Waals surface area contributed by atoms with Crippen LogP contribution >= 0.6 is 11.3 Å². The number of benzene rings is 1. The maximum absolute atomic E-state index is 12.7. The molecule has 1 aliphatic heterocycles. The van der Waals surface area contributed by atoms with Gasteiger partial charge in [-0.25, -0.2) is 8.42 Å². The Labute approximate surface area is 170 Å². The third-order valence-electron chi connectivity index (χ3n) is 4.85. The van der Waals surface area contributed by atoms with Gasteiger partial charge in [-0.05, 0) is 55.3 Å². The Morgan fingerprint density at radius 1 is 1.32 bits per heavy atom. The van der Waals surface area contributed by atoms with Crippen LogP contribution < -0.4 is 10.1 Å². The van der Waals surface area contributed by atoms with Crippen LogP contribution in [0.4, 0.5) is 0 Å². The van der Waals surface area contributed by atoms with Crippen LogP contribution in [-0.4, -0.2) is 44.9 Å². The van der Waals surface area contributed by atoms with Gasteiger partial charge in [0.25, 0.3) is 10.0 Å². The van der Waals surface area contributed by atoms with Crippen LogP contribution in [-0.2, 0) is 14.8 Å². The summed E-state index contributed by atoms with van der Waals surface area (Å²) < 4.78 is 32.9. The molecular formula is C20H26N2O4S2. The second-order valence-electron chi connectivity index (χ2n) is 7.04. The van der Waals surface area contributed by atoms with Crippen LogP contribution in [0.2, 0.25) is 0 Å². The fourth-order valence-electron chi connectivity index (χ4n) is 3.25. The molecule has 1 atom stereocenters. The number of carbonyl (C=O) groups excluding carboxylic acids is 1. The topological polar surface area (TPSA) is 75.7 Å². The highest BCUT2D eigenvalue weighted by atomic mass is 32.2. The van der Waals surface area contributed by atoms with Crippen molar-refractivity contribution >= 4 is 27.3 Å². The number of sulfonamides is 1. The lowest BCUT2D eigenvalue weighted by molar-refractivity contribution is -0.126. The van der Waals surface area contributed by atoms with E-state index in [2.05, 4.69) is 5.32 Å². The Kier molecular flexibility index (Phi) is 6.74. The molecule has 2 aromatic rings. The molecule has 1 amide bonds. The molecule has 0 aliphatic carbocycles. The third-order valence-corrected chi connectivity index (χ3v) is 8.08. The first-order chi connectivity index (χ1) is 13.4. The number of ether oxygens (including phenoxy) is 1. The van der Waals surface area contributed by atoms with E-state index in [4.69, 9.17) is 4.74 Å². The summed E-state index contributed by atoms with van der Waals surface area (Å²) in [7, 11) is -3.51. The third kappa shape index (κ3) is 4.92. The van der Waals surface area contributed by atoms with E-state index in [1.54, 1.807) is 17.5 Å². The van der Waals surface area contributed by atoms with Gasteiger partial charge in [-0.1, -0.05) is 18.2 Å². The van der Waals surface area contributed by atoms with Gasteiger partial charge in [0.1, 0.15) is 16.6 Å². The second kappa shape index (κ2) is 9.07. The van der Waals surface area contributed by atoms with Gasteiger partial charge in [0, 0.05) is 13.1 Å². The zero-order chi connectivity index (χ0) is 20.1. The number of rotatable bonds is 7. The van der Waals surface area contributed by atoms with Crippen molar-refractivity contribution in [3.63, 3.8) is 0 Å². The molecule has 1 fully saturated rings. The molecule has 1 unspecified atom stereocenters. The van der Waals surface area contributed by atoms with Crippen molar-refractivity contribution in [2.24, 2.45) is 5.92 Å². The normalized spacial score (nSPS) is 18.0. The lowest BCUT2D eigenvalue weighted by Gasteiger charge is -2.30. The van der Waals surface area contributed by atoms with E-state index in [1.807, 2.05) is 32.0 Å². The van der Waals surface area contributed by atoms with Crippen LogP contribution in [0.5, 0.6) is 5.75 Å². The molecule has 1 saturated heterocycles. The number of carbonyl (C=O) groups is 1. The molecule has 1 N–H and O–H groups in total. The number of nitrogens with zero attached hydrogens (tertiary/aromatic N) is 1. The summed E-state index contributed by atoms with van der Waals surface area (Å²) in [5.41, 5.74) is 2.18. The summed E-state index contributed by atoms with van der Waals surface area (Å²) in [4.78, 5) is 12.5. The predicted octanol–water partition coefficient (Wildman–Crippen LogP) is 2.96. The smallest absolute Gasteiger partial charge is 0.252 e. The number of hydrogen-bond acceptors (Lipinski definition) is 5. The predicted molar refractivity (Wildman–Crippen MR) is 110 cm³/mol. The quantitative estimate of drug-likeness (QED) is 0.696. The number of aryl methyl sites for hydroxylation is 2. The van der Waals surface area contributed by atoms with Gasteiger partial charge >= 0.3 is 0 Å². The Hall–Kier alpha value is -1.90. The fraction of sp³-hybridized carbons (Fsp3) is 0.450. The number of piperidine rings is 1. The van der Waals surface area contributed by atoms with Gasteiger partial charge in [-0.2, -0.15) is 4.31 Å². The zero-order valence-corrected chi connectivity index (χ0v) is 17.8. The van der Waals surface area contributed by atoms with Crippen LogP contribution in [0.3, 0.4) is 0 Å². The molecule has 1 aliphatic rings. The maximum atomic E-state index is 12.7. The van der Waals surface area contributed by atoms with Gasteiger partial charge in [0.05, 0.1) is 12.5 Å². The van der Waals surface area contributed by atoms with Crippen molar-refractivity contribution < 1.29 is 17.9 Å². The Bertz CT molecular complexity index is 910. The summed E-state index contributed by atoms with van der Waals surface area (Å²) in [5, 5.41) is 4.63. The van der Waals surface area contributed by atoms with Gasteiger partial charge in [0.2, 0.25) is 5.91 Å². The van der Waals surface area contributed by atoms with Crippen LogP contribution in [0.15, 0.2) is 39.9 Å². The van der Waals surface area contributed by atoms with Crippen LogP contribution in [0.1, 0.15) is 24.0 Å². The van der Waals surface area contributed by atoms with Crippen molar-refractivity contribution in [3.8, 4) is 5.75 Å². The van der Waals surface area contributed by atoms with E-state index in [1.165, 1.54) is 15.6 Å². The summed E-state index contributed by atoms with van der Waals surface area (Å²) in [6.45, 7) is 5.44. The lowest BCUT2D eigenvalue weighted by atomic mass is 9.99. The van der Waals surface area contributed by atoms with Crippen molar-refractivity contribution in [2.45, 2.75) is 30.9 Å². The van der Waals surface area contributed by atoms with Gasteiger partial charge in [-0.15, -0.1) is 11.3 Å². The number of thiophene rings is 1. The summed E-state index contributed by atoms with van der Waals surface area (Å²) in [6, 6.07) is 9.35. The van der Waals surface area contributed by atoms with Crippen molar-refractivity contribution in [2.75, 3.05) is 26.2 Å². The molecule has 1 aromatic carbocycles. The van der Waals surface area contributed by atoms with Gasteiger partial charge < -0.3 is 10.1 Å². The molecule has 2 heterocycles. The average Bonchev–Trinajstić information content (AvgIpc) is 3.23. The van der Waals surface area contributed by atoms with Gasteiger partial charge in [0.15, 0.2) is 0 Å². The first-order valence-electron chi connectivity index (χ1n) is 9.39. The largest absolute Gasteiger partial charge is 0.491 e. The highest BCUT2D eigenvalue weighted by Crippen LogP contribution is 2.26. The molecule has 0 bridgehead atoms. The minimum absolute atomic E-state index is 0.115. The first-order valence-corrected chi connectivity index (χ1v) is 11.7. The Morgan fingerprint density at radius 3 is 2.89 bits per heavy atom. The summed E-state index contributed by atoms with van der Waals surface area (Å²) >= 11 is 1.20. The molecule has 8 heteroatoms. The minimum atomic E-state index is -3.51. The summed E-state index contributed by atoms with van der Waals surface area (Å²) in [5.74, 6) is 0.375. The van der Waals surface area contributed by atoms with E-state index < -0.39 is 10.0 Å². The minimum Gasteiger partial charge on any atom is -0.491 e. The maximum Gasteiger partial charge on any atom is 0.252 e. The highest BCUT2D eigenvalue weighted by molar-refractivity contribution is 7.91. The van der Waals surface area contributed by atoms with E-state index in [0.29, 0.717) is 36.7 Å². The number of nitrogens with one attached hydrogen (secondary N) is 1. The Balaban J connectivity index is 1.50. The standard InChI is InChI=1S/C20H26N2O4S2/c1-15-7-8-16(2)18(13-15)26-11-9-21-20(23)17-5-3-10-22(14-17)28(24,25)19-6-4-12-27-19/h4,6-8,12-13,17H,3,5,9-11,14H2,1-2H3,(H,21,23). The van der Waals surface area contributed by atoms with E-state index in [9.17, 15) is 13.2 Å². The van der Waals surface area contributed by atoms with E-state index in [0.717, 1.165) is 16.9 Å². The highest BCUT2D eigenvalue weighted by Gasteiger charge is 2.33. The monoisotopic (exact) mass is 422 g/mol. The van der Waals surface area contributed by atoms with E-state index >= 15 is 0 Å². The molecule has 1 aromatic heterocycles. The molecule has 0 spiro atoms. The molecule has 0 saturated carbocycles. The molecule has 6 nitrogen and oxygen atoms in total. The fourth-order valence-corrected chi connectivity index (χ4v) is 5.92. The molecule has 28 heavy (non-hydrogen) atoms. The summed E-state index contributed by atoms with van der Waals surface area (Å²) in [6.07, 6.45) is 1.38. The van der Waals surface area contributed by atoms with Crippen LogP contribution in [0, 0.1) is 19.8 Å². The van der Waals surface area contributed by atoms with Crippen LogP contribution in [0.25, 0.3) is 0 Å². The number of amides is 1. The Morgan fingerprint density at radius 2 is 2.14 bits per heavy atom. The molecular weight excluding hydrogens is 396 g/mol. The molecule has 0 radical (unpaired) electrons. The van der Waals surface area contributed by atoms with Gasteiger partial charge in [-0.3, -0.25) is 4.79 Å². The molecule has 3 rings (SSSR count). The average molecular weight is 423 g/mol. The first kappa shape index (κ1) is 20.8.